The van der Waals surface area contributed by atoms with Gasteiger partial charge in [0.25, 0.3) is 5.91 Å². The SMILES string of the molecule is CCCCOc1cccc([C@H]2c3c(oc4ccccc4c3=O)C(=O)N2c2nc(C)c(C(=O)OCC)s2)c1. The molecule has 8 nitrogen and oxygen atoms in total. The number of carbonyl (C=O) groups is 2. The Hall–Kier alpha value is -3.98. The van der Waals surface area contributed by atoms with E-state index in [0.29, 0.717) is 39.5 Å². The lowest BCUT2D eigenvalue weighted by Gasteiger charge is -2.23. The molecule has 0 saturated heterocycles. The lowest BCUT2D eigenvalue weighted by Crippen LogP contribution is -2.29. The molecular formula is C28H26N2O6S. The number of hydrogen-bond acceptors (Lipinski definition) is 8. The van der Waals surface area contributed by atoms with E-state index < -0.39 is 17.9 Å². The van der Waals surface area contributed by atoms with Crippen LogP contribution in [0.25, 0.3) is 11.0 Å². The smallest absolute Gasteiger partial charge is 0.350 e. The quantitative estimate of drug-likeness (QED) is 0.219. The second-order valence-electron chi connectivity index (χ2n) is 8.65. The second-order valence-corrected chi connectivity index (χ2v) is 9.63. The van der Waals surface area contributed by atoms with Gasteiger partial charge in [-0.05, 0) is 50.1 Å². The fourth-order valence-electron chi connectivity index (χ4n) is 4.41. The zero-order chi connectivity index (χ0) is 26.1. The van der Waals surface area contributed by atoms with Crippen molar-refractivity contribution in [2.75, 3.05) is 18.1 Å². The molecule has 5 rings (SSSR count). The Morgan fingerprint density at radius 1 is 1.14 bits per heavy atom. The van der Waals surface area contributed by atoms with Gasteiger partial charge in [-0.2, -0.15) is 0 Å². The van der Waals surface area contributed by atoms with Crippen LogP contribution in [0.1, 0.15) is 69.8 Å². The van der Waals surface area contributed by atoms with E-state index >= 15 is 0 Å². The van der Waals surface area contributed by atoms with Gasteiger partial charge in [-0.15, -0.1) is 0 Å². The van der Waals surface area contributed by atoms with Crippen LogP contribution in [0.4, 0.5) is 5.13 Å². The molecule has 190 valence electrons. The number of hydrogen-bond donors (Lipinski definition) is 0. The van der Waals surface area contributed by atoms with Gasteiger partial charge in [0.1, 0.15) is 16.2 Å². The molecule has 37 heavy (non-hydrogen) atoms. The van der Waals surface area contributed by atoms with Gasteiger partial charge in [0.05, 0.1) is 35.9 Å². The van der Waals surface area contributed by atoms with Gasteiger partial charge in [0, 0.05) is 0 Å². The third-order valence-electron chi connectivity index (χ3n) is 6.17. The summed E-state index contributed by atoms with van der Waals surface area (Å²) in [6, 6.07) is 13.4. The molecule has 1 aliphatic heterocycles. The molecule has 2 aromatic heterocycles. The molecule has 0 N–H and O–H groups in total. The summed E-state index contributed by atoms with van der Waals surface area (Å²) in [5, 5.41) is 0.668. The number of unbranched alkanes of at least 4 members (excludes halogenated alkanes) is 1. The molecule has 0 bridgehead atoms. The number of aromatic nitrogens is 1. The number of thiazole rings is 1. The zero-order valence-electron chi connectivity index (χ0n) is 20.8. The van der Waals surface area contributed by atoms with Crippen molar-refractivity contribution in [1.29, 1.82) is 0 Å². The fraction of sp³-hybridized carbons (Fsp3) is 0.286. The summed E-state index contributed by atoms with van der Waals surface area (Å²) in [6.07, 6.45) is 1.91. The topological polar surface area (TPSA) is 98.9 Å². The first-order valence-corrected chi connectivity index (χ1v) is 13.0. The van der Waals surface area contributed by atoms with Crippen LogP contribution in [0.3, 0.4) is 0 Å². The number of ether oxygens (including phenoxy) is 2. The van der Waals surface area contributed by atoms with E-state index in [2.05, 4.69) is 11.9 Å². The Morgan fingerprint density at radius 2 is 1.95 bits per heavy atom. The van der Waals surface area contributed by atoms with Gasteiger partial charge >= 0.3 is 5.97 Å². The number of fused-ring (bicyclic) bond motifs is 2. The number of rotatable bonds is 8. The number of para-hydroxylation sites is 1. The van der Waals surface area contributed by atoms with Crippen LogP contribution in [0.15, 0.2) is 57.7 Å². The van der Waals surface area contributed by atoms with Crippen LogP contribution < -0.4 is 15.1 Å². The highest BCUT2D eigenvalue weighted by Crippen LogP contribution is 2.43. The van der Waals surface area contributed by atoms with Gasteiger partial charge in [0.15, 0.2) is 10.6 Å². The van der Waals surface area contributed by atoms with E-state index in [9.17, 15) is 14.4 Å². The van der Waals surface area contributed by atoms with E-state index in [1.165, 1.54) is 4.90 Å². The minimum atomic E-state index is -0.807. The van der Waals surface area contributed by atoms with E-state index in [1.54, 1.807) is 38.1 Å². The molecule has 2 aromatic carbocycles. The molecule has 0 radical (unpaired) electrons. The molecule has 0 aliphatic carbocycles. The van der Waals surface area contributed by atoms with Crippen LogP contribution in [0.2, 0.25) is 0 Å². The highest BCUT2D eigenvalue weighted by molar-refractivity contribution is 7.17. The predicted octanol–water partition coefficient (Wildman–Crippen LogP) is 5.66. The molecule has 1 atom stereocenters. The number of benzene rings is 2. The third kappa shape index (κ3) is 4.40. The standard InChI is InChI=1S/C28H26N2O6S/c1-4-6-14-35-18-11-9-10-17(15-18)22-21-23(31)19-12-7-8-13-20(19)36-24(21)26(32)30(22)28-29-16(3)25(37-28)27(33)34-5-2/h7-13,15,22H,4-6,14H2,1-3H3/t22-/m0/s1. The Kier molecular flexibility index (Phi) is 6.80. The molecular weight excluding hydrogens is 492 g/mol. The van der Waals surface area contributed by atoms with Crippen molar-refractivity contribution in [3.63, 3.8) is 0 Å². The van der Waals surface area contributed by atoms with Crippen molar-refractivity contribution < 1.29 is 23.5 Å². The van der Waals surface area contributed by atoms with Crippen molar-refractivity contribution in [2.24, 2.45) is 0 Å². The Morgan fingerprint density at radius 3 is 2.73 bits per heavy atom. The molecule has 9 heteroatoms. The van der Waals surface area contributed by atoms with Gasteiger partial charge in [-0.3, -0.25) is 14.5 Å². The average Bonchev–Trinajstić information content (AvgIpc) is 3.42. The van der Waals surface area contributed by atoms with Gasteiger partial charge in [-0.25, -0.2) is 9.78 Å². The maximum Gasteiger partial charge on any atom is 0.350 e. The number of anilines is 1. The second kappa shape index (κ2) is 10.2. The van der Waals surface area contributed by atoms with Gasteiger partial charge < -0.3 is 13.9 Å². The summed E-state index contributed by atoms with van der Waals surface area (Å²) in [4.78, 5) is 46.3. The maximum atomic E-state index is 13.8. The summed E-state index contributed by atoms with van der Waals surface area (Å²) in [7, 11) is 0. The van der Waals surface area contributed by atoms with E-state index in [4.69, 9.17) is 13.9 Å². The minimum absolute atomic E-state index is 0.0310. The number of amides is 1. The number of esters is 1. The van der Waals surface area contributed by atoms with E-state index in [0.717, 1.165) is 24.2 Å². The van der Waals surface area contributed by atoms with Gasteiger partial charge in [0.2, 0.25) is 5.76 Å². The highest BCUT2D eigenvalue weighted by Gasteiger charge is 2.45. The van der Waals surface area contributed by atoms with Crippen LogP contribution in [-0.2, 0) is 4.74 Å². The number of carbonyl (C=O) groups excluding carboxylic acids is 2. The summed E-state index contributed by atoms with van der Waals surface area (Å²) >= 11 is 1.05. The fourth-order valence-corrected chi connectivity index (χ4v) is 5.40. The Bertz CT molecular complexity index is 1560. The van der Waals surface area contributed by atoms with Crippen LogP contribution in [0, 0.1) is 6.92 Å². The first-order valence-electron chi connectivity index (χ1n) is 12.2. The largest absolute Gasteiger partial charge is 0.494 e. The summed E-state index contributed by atoms with van der Waals surface area (Å²) < 4.78 is 17.1. The van der Waals surface area contributed by atoms with Crippen molar-refractivity contribution in [3.8, 4) is 5.75 Å². The average molecular weight is 519 g/mol. The van der Waals surface area contributed by atoms with Crippen molar-refractivity contribution in [1.82, 2.24) is 4.98 Å². The molecule has 3 heterocycles. The van der Waals surface area contributed by atoms with Crippen molar-refractivity contribution in [3.05, 3.63) is 86.2 Å². The summed E-state index contributed by atoms with van der Waals surface area (Å²) in [5.74, 6) is -0.393. The Labute approximate surface area is 217 Å². The number of nitrogens with zero attached hydrogens (tertiary/aromatic N) is 2. The summed E-state index contributed by atoms with van der Waals surface area (Å²) in [6.45, 7) is 6.28. The molecule has 1 amide bonds. The molecule has 0 fully saturated rings. The molecule has 4 aromatic rings. The lowest BCUT2D eigenvalue weighted by molar-refractivity contribution is 0.0531. The Balaban J connectivity index is 1.68. The van der Waals surface area contributed by atoms with Crippen LogP contribution >= 0.6 is 11.3 Å². The first-order chi connectivity index (χ1) is 17.9. The van der Waals surface area contributed by atoms with Crippen LogP contribution in [0.5, 0.6) is 5.75 Å². The first kappa shape index (κ1) is 24.7. The molecule has 0 unspecified atom stereocenters. The molecule has 0 spiro atoms. The molecule has 1 aliphatic rings. The minimum Gasteiger partial charge on any atom is -0.494 e. The normalized spacial score (nSPS) is 14.7. The zero-order valence-corrected chi connectivity index (χ0v) is 21.6. The summed E-state index contributed by atoms with van der Waals surface area (Å²) in [5.41, 5.74) is 1.41. The third-order valence-corrected chi connectivity index (χ3v) is 7.31. The van der Waals surface area contributed by atoms with Crippen molar-refractivity contribution in [2.45, 2.75) is 39.7 Å². The lowest BCUT2D eigenvalue weighted by atomic mass is 9.98. The predicted molar refractivity (Wildman–Crippen MR) is 141 cm³/mol. The monoisotopic (exact) mass is 518 g/mol. The van der Waals surface area contributed by atoms with Crippen molar-refractivity contribution >= 4 is 39.3 Å². The van der Waals surface area contributed by atoms with Gasteiger partial charge in [-0.1, -0.05) is 48.9 Å². The van der Waals surface area contributed by atoms with Crippen LogP contribution in [-0.4, -0.2) is 30.1 Å². The number of aryl methyl sites for hydroxylation is 1. The van der Waals surface area contributed by atoms with E-state index in [1.807, 2.05) is 24.3 Å². The highest BCUT2D eigenvalue weighted by atomic mass is 32.1. The van der Waals surface area contributed by atoms with E-state index in [-0.39, 0.29) is 28.5 Å². The molecule has 0 saturated carbocycles. The maximum absolute atomic E-state index is 13.8.